The third kappa shape index (κ3) is 5.66. The third-order valence-electron chi connectivity index (χ3n) is 7.34. The summed E-state index contributed by atoms with van der Waals surface area (Å²) in [4.78, 5) is 22.0. The first-order valence-corrected chi connectivity index (χ1v) is 13.3. The molecule has 4 aromatic rings. The lowest BCUT2D eigenvalue weighted by Gasteiger charge is -2.31. The van der Waals surface area contributed by atoms with Crippen LogP contribution in [-0.4, -0.2) is 41.2 Å². The van der Waals surface area contributed by atoms with Crippen LogP contribution in [0.25, 0.3) is 22.2 Å². The molecule has 2 N–H and O–H groups in total. The summed E-state index contributed by atoms with van der Waals surface area (Å²) in [6, 6.07) is 10.8. The molecule has 220 valence electrons. The zero-order valence-electron chi connectivity index (χ0n) is 23.2. The molecule has 1 atom stereocenters. The second-order valence-electron chi connectivity index (χ2n) is 10.7. The molecular formula is C31H29F4N3O4. The van der Waals surface area contributed by atoms with E-state index < -0.39 is 35.2 Å². The number of aliphatic hydroxyl groups is 1. The van der Waals surface area contributed by atoms with E-state index >= 15 is 4.39 Å². The average molecular weight is 584 g/mol. The second-order valence-corrected chi connectivity index (χ2v) is 10.7. The Bertz CT molecular complexity index is 1630. The number of alkyl halides is 2. The Morgan fingerprint density at radius 3 is 2.52 bits per heavy atom. The highest BCUT2D eigenvalue weighted by Gasteiger charge is 2.41. The Morgan fingerprint density at radius 1 is 1.17 bits per heavy atom. The van der Waals surface area contributed by atoms with Gasteiger partial charge >= 0.3 is 0 Å². The minimum absolute atomic E-state index is 0.0328. The van der Waals surface area contributed by atoms with Crippen molar-refractivity contribution in [2.75, 3.05) is 20.3 Å². The number of halogens is 4. The van der Waals surface area contributed by atoms with Crippen LogP contribution in [0, 0.1) is 11.6 Å². The lowest BCUT2D eigenvalue weighted by molar-refractivity contribution is -0.00266. The van der Waals surface area contributed by atoms with Crippen LogP contribution in [0.4, 0.5) is 17.6 Å². The number of ether oxygens (including phenoxy) is 2. The van der Waals surface area contributed by atoms with E-state index in [1.54, 1.807) is 0 Å². The van der Waals surface area contributed by atoms with Crippen molar-refractivity contribution >= 4 is 16.8 Å². The molecule has 3 heterocycles. The van der Waals surface area contributed by atoms with Gasteiger partial charge in [0.05, 0.1) is 24.9 Å². The van der Waals surface area contributed by atoms with Gasteiger partial charge in [-0.1, -0.05) is 0 Å². The van der Waals surface area contributed by atoms with Crippen molar-refractivity contribution in [3.63, 3.8) is 0 Å². The molecule has 1 aliphatic rings. The number of pyridine rings is 2. The minimum atomic E-state index is -2.73. The van der Waals surface area contributed by atoms with Crippen LogP contribution in [0.1, 0.15) is 60.3 Å². The molecule has 0 radical (unpaired) electrons. The average Bonchev–Trinajstić information content (AvgIpc) is 3.45. The number of rotatable bonds is 8. The quantitative estimate of drug-likeness (QED) is 0.241. The molecule has 0 spiro atoms. The van der Waals surface area contributed by atoms with E-state index in [0.717, 1.165) is 6.20 Å². The van der Waals surface area contributed by atoms with Gasteiger partial charge in [-0.2, -0.15) is 0 Å². The highest BCUT2D eigenvalue weighted by atomic mass is 19.3. The highest BCUT2D eigenvalue weighted by Crippen LogP contribution is 2.39. The maximum absolute atomic E-state index is 15.7. The molecule has 0 aliphatic carbocycles. The summed E-state index contributed by atoms with van der Waals surface area (Å²) in [6.45, 7) is 3.17. The number of methoxy groups -OCH3 is 1. The molecule has 7 nitrogen and oxygen atoms in total. The van der Waals surface area contributed by atoms with Crippen LogP contribution in [0.3, 0.4) is 0 Å². The zero-order valence-corrected chi connectivity index (χ0v) is 23.2. The van der Waals surface area contributed by atoms with Gasteiger partial charge in [-0.3, -0.25) is 9.78 Å². The Kier molecular flexibility index (Phi) is 7.91. The van der Waals surface area contributed by atoms with Crippen LogP contribution in [0.5, 0.6) is 5.75 Å². The van der Waals surface area contributed by atoms with Gasteiger partial charge in [-0.15, -0.1) is 0 Å². The van der Waals surface area contributed by atoms with Crippen molar-refractivity contribution in [1.82, 2.24) is 15.3 Å². The molecule has 5 rings (SSSR count). The lowest BCUT2D eigenvalue weighted by atomic mass is 9.89. The number of carbonyl (C=O) groups excluding carboxylic acids is 1. The first kappa shape index (κ1) is 29.4. The smallest absolute Gasteiger partial charge is 0.265 e. The molecular weight excluding hydrogens is 554 g/mol. The van der Waals surface area contributed by atoms with Crippen LogP contribution in [-0.2, 0) is 15.9 Å². The summed E-state index contributed by atoms with van der Waals surface area (Å²) in [5, 5.41) is 13.9. The predicted molar refractivity (Wildman–Crippen MR) is 147 cm³/mol. The van der Waals surface area contributed by atoms with Crippen molar-refractivity contribution in [3.05, 3.63) is 88.7 Å². The van der Waals surface area contributed by atoms with E-state index in [0.29, 0.717) is 41.6 Å². The fourth-order valence-corrected chi connectivity index (χ4v) is 5.10. The standard InChI is InChI=1S/C31H29F4N3O4/c1-30(2,40)22-14-24(38-27(25(22)33)17-5-7-21(32)8-6-17)31(9-4-10-42-31)16-37-29(39)19-11-18-12-20(28(34)35)15-36-26(18)23(13-19)41-3/h5-8,11-15,28,40H,4,9-10,16H2,1-3H3,(H,37,39)/t31-/m1/s1. The molecule has 2 aromatic heterocycles. The van der Waals surface area contributed by atoms with Crippen molar-refractivity contribution in [3.8, 4) is 17.0 Å². The SMILES string of the molecule is COc1cc(C(=O)NC[C@@]2(c3cc(C(C)(C)O)c(F)c(-c4ccc(F)cc4)n3)CCCO2)cc2cc(C(F)F)cnc12. The maximum atomic E-state index is 15.7. The van der Waals surface area contributed by atoms with E-state index in [-0.39, 0.29) is 34.7 Å². The van der Waals surface area contributed by atoms with Gasteiger partial charge in [0.2, 0.25) is 0 Å². The molecule has 0 bridgehead atoms. The molecule has 1 saturated heterocycles. The lowest BCUT2D eigenvalue weighted by Crippen LogP contribution is -2.41. The number of amides is 1. The number of aromatic nitrogens is 2. The summed E-state index contributed by atoms with van der Waals surface area (Å²) in [6.07, 6.45) is -0.608. The number of nitrogens with one attached hydrogen (secondary N) is 1. The molecule has 11 heteroatoms. The third-order valence-corrected chi connectivity index (χ3v) is 7.34. The minimum Gasteiger partial charge on any atom is -0.494 e. The van der Waals surface area contributed by atoms with Gasteiger partial charge < -0.3 is 19.9 Å². The van der Waals surface area contributed by atoms with Crippen molar-refractivity contribution in [2.45, 2.75) is 44.3 Å². The van der Waals surface area contributed by atoms with E-state index in [9.17, 15) is 23.1 Å². The number of benzene rings is 2. The van der Waals surface area contributed by atoms with Gasteiger partial charge in [-0.05, 0) is 75.2 Å². The summed E-state index contributed by atoms with van der Waals surface area (Å²) in [5.41, 5.74) is -2.09. The Hall–Kier alpha value is -4.09. The zero-order chi connectivity index (χ0) is 30.2. The van der Waals surface area contributed by atoms with Crippen LogP contribution in [0.15, 0.2) is 54.7 Å². The molecule has 2 aromatic carbocycles. The van der Waals surface area contributed by atoms with Crippen LogP contribution < -0.4 is 10.1 Å². The molecule has 1 fully saturated rings. The summed E-state index contributed by atoms with van der Waals surface area (Å²) >= 11 is 0. The summed E-state index contributed by atoms with van der Waals surface area (Å²) in [7, 11) is 1.39. The maximum Gasteiger partial charge on any atom is 0.265 e. The monoisotopic (exact) mass is 583 g/mol. The largest absolute Gasteiger partial charge is 0.494 e. The number of hydrogen-bond acceptors (Lipinski definition) is 6. The van der Waals surface area contributed by atoms with Gasteiger partial charge in [0, 0.05) is 40.4 Å². The highest BCUT2D eigenvalue weighted by molar-refractivity contribution is 6.00. The Balaban J connectivity index is 1.52. The van der Waals surface area contributed by atoms with Crippen molar-refractivity contribution in [1.29, 1.82) is 0 Å². The first-order valence-electron chi connectivity index (χ1n) is 13.3. The molecule has 0 unspecified atom stereocenters. The first-order chi connectivity index (χ1) is 19.9. The number of hydrogen-bond donors (Lipinski definition) is 2. The van der Waals surface area contributed by atoms with E-state index in [1.807, 2.05) is 0 Å². The fourth-order valence-electron chi connectivity index (χ4n) is 5.10. The predicted octanol–water partition coefficient (Wildman–Crippen LogP) is 6.18. The van der Waals surface area contributed by atoms with Gasteiger partial charge in [-0.25, -0.2) is 22.5 Å². The summed E-state index contributed by atoms with van der Waals surface area (Å²) < 4.78 is 67.3. The van der Waals surface area contributed by atoms with Crippen LogP contribution >= 0.6 is 0 Å². The molecule has 42 heavy (non-hydrogen) atoms. The molecule has 1 aliphatic heterocycles. The van der Waals surface area contributed by atoms with Gasteiger partial charge in [0.25, 0.3) is 12.3 Å². The molecule has 1 amide bonds. The van der Waals surface area contributed by atoms with Crippen molar-refractivity contribution < 1.29 is 36.9 Å². The molecule has 0 saturated carbocycles. The summed E-state index contributed by atoms with van der Waals surface area (Å²) in [5.74, 6) is -1.54. The Labute approximate surface area is 239 Å². The van der Waals surface area contributed by atoms with E-state index in [4.69, 9.17) is 9.47 Å². The Morgan fingerprint density at radius 2 is 1.90 bits per heavy atom. The number of fused-ring (bicyclic) bond motifs is 1. The fraction of sp³-hybridized carbons (Fsp3) is 0.323. The van der Waals surface area contributed by atoms with Crippen molar-refractivity contribution in [2.24, 2.45) is 0 Å². The number of carbonyl (C=O) groups is 1. The van der Waals surface area contributed by atoms with E-state index in [2.05, 4.69) is 15.3 Å². The second kappa shape index (κ2) is 11.3. The topological polar surface area (TPSA) is 93.6 Å². The van der Waals surface area contributed by atoms with Gasteiger partial charge in [0.15, 0.2) is 5.82 Å². The number of nitrogens with zero attached hydrogens (tertiary/aromatic N) is 2. The normalized spacial score (nSPS) is 17.2. The van der Waals surface area contributed by atoms with Gasteiger partial charge in [0.1, 0.15) is 28.4 Å². The van der Waals surface area contributed by atoms with E-state index in [1.165, 1.54) is 69.5 Å². The van der Waals surface area contributed by atoms with Crippen LogP contribution in [0.2, 0.25) is 0 Å².